The van der Waals surface area contributed by atoms with Crippen molar-refractivity contribution in [3.63, 3.8) is 0 Å². The van der Waals surface area contributed by atoms with Crippen molar-refractivity contribution in [2.24, 2.45) is 5.92 Å². The number of nitrogens with zero attached hydrogens (tertiary/aromatic N) is 4. The third-order valence-corrected chi connectivity index (χ3v) is 7.77. The van der Waals surface area contributed by atoms with Crippen molar-refractivity contribution in [3.05, 3.63) is 35.0 Å². The Hall–Kier alpha value is -2.85. The molecule has 1 aliphatic heterocycles. The first-order valence-corrected chi connectivity index (χ1v) is 11.9. The Morgan fingerprint density at radius 3 is 3.16 bits per heavy atom. The molecule has 0 fully saturated rings. The Bertz CT molecular complexity index is 1330. The van der Waals surface area contributed by atoms with E-state index in [0.29, 0.717) is 28.3 Å². The summed E-state index contributed by atoms with van der Waals surface area (Å²) >= 11 is 3.12. The Morgan fingerprint density at radius 2 is 2.23 bits per heavy atom. The van der Waals surface area contributed by atoms with Gasteiger partial charge < -0.3 is 14.8 Å². The summed E-state index contributed by atoms with van der Waals surface area (Å²) in [5, 5.41) is 13.5. The molecule has 0 saturated carbocycles. The number of anilines is 1. The van der Waals surface area contributed by atoms with Crippen LogP contribution < -0.4 is 14.8 Å². The number of thiophene rings is 1. The van der Waals surface area contributed by atoms with Gasteiger partial charge in [0.15, 0.2) is 22.3 Å². The summed E-state index contributed by atoms with van der Waals surface area (Å²) in [5.74, 6) is 2.12. The molecule has 2 aliphatic rings. The number of aromatic nitrogens is 4. The molecular formula is C21H19N5O3S2. The molecule has 3 aromatic heterocycles. The Balaban J connectivity index is 1.21. The average Bonchev–Trinajstić information content (AvgIpc) is 3.47. The molecule has 0 saturated heterocycles. The molecule has 1 atom stereocenters. The number of rotatable bonds is 4. The number of aryl methyl sites for hydroxylation is 1. The third-order valence-electron chi connectivity index (χ3n) is 5.66. The van der Waals surface area contributed by atoms with E-state index in [1.165, 1.54) is 28.6 Å². The maximum atomic E-state index is 12.5. The van der Waals surface area contributed by atoms with Crippen molar-refractivity contribution in [3.8, 4) is 11.5 Å². The van der Waals surface area contributed by atoms with Crippen molar-refractivity contribution in [2.45, 2.75) is 31.3 Å². The van der Waals surface area contributed by atoms with Gasteiger partial charge in [-0.1, -0.05) is 18.7 Å². The van der Waals surface area contributed by atoms with Gasteiger partial charge in [-0.15, -0.1) is 21.5 Å². The molecule has 1 amide bonds. The fraction of sp³-hybridized carbons (Fsp3) is 0.333. The number of nitrogens with one attached hydrogen (secondary N) is 1. The number of thioether (sulfide) groups is 1. The number of fused-ring (bicyclic) bond motifs is 6. The highest BCUT2D eigenvalue weighted by Crippen LogP contribution is 2.39. The lowest BCUT2D eigenvalue weighted by molar-refractivity contribution is -0.113. The van der Waals surface area contributed by atoms with Gasteiger partial charge in [0.2, 0.25) is 12.7 Å². The summed E-state index contributed by atoms with van der Waals surface area (Å²) in [6.07, 6.45) is 5.13. The number of hydrogen-bond acceptors (Lipinski definition) is 8. The summed E-state index contributed by atoms with van der Waals surface area (Å²) in [6.45, 7) is 2.51. The van der Waals surface area contributed by atoms with Gasteiger partial charge in [-0.3, -0.25) is 9.20 Å². The van der Waals surface area contributed by atoms with Gasteiger partial charge in [-0.05, 0) is 42.9 Å². The fourth-order valence-electron chi connectivity index (χ4n) is 4.12. The molecule has 6 rings (SSSR count). The van der Waals surface area contributed by atoms with Gasteiger partial charge in [-0.25, -0.2) is 4.98 Å². The molecule has 158 valence electrons. The van der Waals surface area contributed by atoms with Gasteiger partial charge >= 0.3 is 0 Å². The summed E-state index contributed by atoms with van der Waals surface area (Å²) in [4.78, 5) is 19.6. The second-order valence-corrected chi connectivity index (χ2v) is 9.88. The lowest BCUT2D eigenvalue weighted by atomic mass is 9.89. The summed E-state index contributed by atoms with van der Waals surface area (Å²) in [6, 6.07) is 5.35. The van der Waals surface area contributed by atoms with Crippen molar-refractivity contribution in [2.75, 3.05) is 17.9 Å². The lowest BCUT2D eigenvalue weighted by Gasteiger charge is -2.17. The Labute approximate surface area is 186 Å². The monoisotopic (exact) mass is 453 g/mol. The average molecular weight is 454 g/mol. The van der Waals surface area contributed by atoms with Crippen molar-refractivity contribution in [1.29, 1.82) is 0 Å². The number of benzene rings is 1. The highest BCUT2D eigenvalue weighted by atomic mass is 32.2. The minimum absolute atomic E-state index is 0.128. The van der Waals surface area contributed by atoms with Crippen LogP contribution in [0.25, 0.3) is 15.9 Å². The number of carbonyl (C=O) groups is 1. The minimum atomic E-state index is -0.128. The van der Waals surface area contributed by atoms with Gasteiger partial charge in [0.05, 0.1) is 11.1 Å². The molecule has 0 radical (unpaired) electrons. The molecule has 0 bridgehead atoms. The van der Waals surface area contributed by atoms with E-state index in [9.17, 15) is 4.79 Å². The second-order valence-electron chi connectivity index (χ2n) is 7.86. The van der Waals surface area contributed by atoms with Crippen molar-refractivity contribution >= 4 is 50.6 Å². The predicted octanol–water partition coefficient (Wildman–Crippen LogP) is 3.92. The summed E-state index contributed by atoms with van der Waals surface area (Å²) in [5.41, 5.74) is 2.87. The van der Waals surface area contributed by atoms with Crippen LogP contribution in [0.4, 0.5) is 5.69 Å². The van der Waals surface area contributed by atoms with Gasteiger partial charge in [-0.2, -0.15) is 0 Å². The zero-order valence-corrected chi connectivity index (χ0v) is 18.4. The van der Waals surface area contributed by atoms with Crippen LogP contribution in [0.15, 0.2) is 29.7 Å². The zero-order valence-electron chi connectivity index (χ0n) is 16.8. The molecule has 1 aliphatic carbocycles. The lowest BCUT2D eigenvalue weighted by Crippen LogP contribution is -2.14. The molecule has 0 spiro atoms. The zero-order chi connectivity index (χ0) is 20.9. The predicted molar refractivity (Wildman–Crippen MR) is 119 cm³/mol. The molecule has 8 nitrogen and oxygen atoms in total. The highest BCUT2D eigenvalue weighted by Gasteiger charge is 2.24. The van der Waals surface area contributed by atoms with Crippen LogP contribution in [0, 0.1) is 5.92 Å². The van der Waals surface area contributed by atoms with Gasteiger partial charge in [0.25, 0.3) is 0 Å². The highest BCUT2D eigenvalue weighted by molar-refractivity contribution is 7.99. The number of ether oxygens (including phenoxy) is 2. The number of hydrogen-bond donors (Lipinski definition) is 1. The molecule has 1 aromatic carbocycles. The molecule has 4 heterocycles. The largest absolute Gasteiger partial charge is 0.454 e. The SMILES string of the molecule is C[C@H]1CCc2c(sc3ncn4c(SCC(=O)Nc5ccc6c(c5)OCO6)nnc4c23)C1. The first-order valence-electron chi connectivity index (χ1n) is 10.1. The first kappa shape index (κ1) is 18.9. The third kappa shape index (κ3) is 3.30. The normalized spacial score (nSPS) is 17.3. The van der Waals surface area contributed by atoms with E-state index in [2.05, 4.69) is 27.4 Å². The molecule has 1 N–H and O–H groups in total. The van der Waals surface area contributed by atoms with Crippen LogP contribution >= 0.6 is 23.1 Å². The van der Waals surface area contributed by atoms with Crippen LogP contribution in [0.3, 0.4) is 0 Å². The summed E-state index contributed by atoms with van der Waals surface area (Å²) < 4.78 is 12.5. The fourth-order valence-corrected chi connectivity index (χ4v) is 6.17. The minimum Gasteiger partial charge on any atom is -0.454 e. The van der Waals surface area contributed by atoms with Crippen LogP contribution in [0.2, 0.25) is 0 Å². The van der Waals surface area contributed by atoms with E-state index in [4.69, 9.17) is 9.47 Å². The maximum Gasteiger partial charge on any atom is 0.234 e. The van der Waals surface area contributed by atoms with Crippen molar-refractivity contribution in [1.82, 2.24) is 19.6 Å². The van der Waals surface area contributed by atoms with E-state index in [-0.39, 0.29) is 18.5 Å². The smallest absolute Gasteiger partial charge is 0.234 e. The van der Waals surface area contributed by atoms with E-state index in [1.54, 1.807) is 35.9 Å². The van der Waals surface area contributed by atoms with E-state index in [0.717, 1.165) is 28.7 Å². The Morgan fingerprint density at radius 1 is 1.32 bits per heavy atom. The second kappa shape index (κ2) is 7.38. The van der Waals surface area contributed by atoms with Crippen LogP contribution in [0.5, 0.6) is 11.5 Å². The van der Waals surface area contributed by atoms with Crippen molar-refractivity contribution < 1.29 is 14.3 Å². The standard InChI is InChI=1S/C21H19N5O3S2/c1-11-2-4-13-16(6-11)31-20-18(13)19-24-25-21(26(19)9-22-20)30-8-17(27)23-12-3-5-14-15(7-12)29-10-28-14/h3,5,7,9,11H,2,4,6,8,10H2,1H3,(H,23,27)/t11-/m0/s1. The van der Waals surface area contributed by atoms with E-state index < -0.39 is 0 Å². The molecule has 10 heteroatoms. The Kier molecular flexibility index (Phi) is 4.50. The quantitative estimate of drug-likeness (QED) is 0.468. The molecular weight excluding hydrogens is 434 g/mol. The van der Waals surface area contributed by atoms with Crippen LogP contribution in [0.1, 0.15) is 23.8 Å². The maximum absolute atomic E-state index is 12.5. The van der Waals surface area contributed by atoms with Crippen LogP contribution in [-0.4, -0.2) is 38.0 Å². The van der Waals surface area contributed by atoms with Gasteiger partial charge in [0.1, 0.15) is 11.2 Å². The van der Waals surface area contributed by atoms with Gasteiger partial charge in [0, 0.05) is 16.6 Å². The molecule has 31 heavy (non-hydrogen) atoms. The molecule has 0 unspecified atom stereocenters. The van der Waals surface area contributed by atoms with Crippen LogP contribution in [-0.2, 0) is 17.6 Å². The van der Waals surface area contributed by atoms with E-state index in [1.807, 2.05) is 4.40 Å². The number of amides is 1. The first-order chi connectivity index (χ1) is 15.2. The topological polar surface area (TPSA) is 90.6 Å². The summed E-state index contributed by atoms with van der Waals surface area (Å²) in [7, 11) is 0. The van der Waals surface area contributed by atoms with E-state index >= 15 is 0 Å². The number of carbonyl (C=O) groups excluding carboxylic acids is 1. The molecule has 4 aromatic rings.